The zero-order valence-corrected chi connectivity index (χ0v) is 11.8. The van der Waals surface area contributed by atoms with Gasteiger partial charge in [-0.1, -0.05) is 54.6 Å². The van der Waals surface area contributed by atoms with Crippen molar-refractivity contribution in [2.45, 2.75) is 0 Å². The van der Waals surface area contributed by atoms with Crippen LogP contribution in [0.15, 0.2) is 66.7 Å². The van der Waals surface area contributed by atoms with E-state index in [9.17, 15) is 5.26 Å². The SMILES string of the molecule is N#C/C(=C\c1cccc2ccccc12)c1cccc(C#N)c1. The van der Waals surface area contributed by atoms with Crippen molar-refractivity contribution in [2.24, 2.45) is 0 Å². The fraction of sp³-hybridized carbons (Fsp3) is 0. The van der Waals surface area contributed by atoms with Crippen molar-refractivity contribution in [1.82, 2.24) is 0 Å². The summed E-state index contributed by atoms with van der Waals surface area (Å²) in [6.45, 7) is 0. The molecule has 3 aromatic carbocycles. The normalized spacial score (nSPS) is 10.9. The van der Waals surface area contributed by atoms with E-state index in [0.717, 1.165) is 21.9 Å². The van der Waals surface area contributed by atoms with Crippen LogP contribution < -0.4 is 0 Å². The molecule has 0 radical (unpaired) electrons. The minimum atomic E-state index is 0.549. The Balaban J connectivity index is 2.16. The molecule has 0 aliphatic heterocycles. The van der Waals surface area contributed by atoms with Crippen molar-refractivity contribution in [1.29, 1.82) is 10.5 Å². The van der Waals surface area contributed by atoms with Gasteiger partial charge in [-0.05, 0) is 40.1 Å². The molecule has 0 heterocycles. The van der Waals surface area contributed by atoms with Crippen LogP contribution >= 0.6 is 0 Å². The Morgan fingerprint density at radius 2 is 1.64 bits per heavy atom. The van der Waals surface area contributed by atoms with Crippen molar-refractivity contribution in [3.05, 3.63) is 83.4 Å². The first-order chi connectivity index (χ1) is 10.8. The van der Waals surface area contributed by atoms with E-state index in [0.29, 0.717) is 11.1 Å². The van der Waals surface area contributed by atoms with Crippen LogP contribution in [-0.2, 0) is 0 Å². The van der Waals surface area contributed by atoms with Gasteiger partial charge in [0.2, 0.25) is 0 Å². The zero-order chi connectivity index (χ0) is 15.4. The van der Waals surface area contributed by atoms with Gasteiger partial charge in [0, 0.05) is 0 Å². The minimum Gasteiger partial charge on any atom is -0.192 e. The molecule has 0 amide bonds. The first-order valence-corrected chi connectivity index (χ1v) is 6.92. The van der Waals surface area contributed by atoms with E-state index < -0.39 is 0 Å². The molecular weight excluding hydrogens is 268 g/mol. The zero-order valence-electron chi connectivity index (χ0n) is 11.8. The first kappa shape index (κ1) is 13.6. The molecular formula is C20H12N2. The fourth-order valence-corrected chi connectivity index (χ4v) is 2.47. The molecule has 2 heteroatoms. The van der Waals surface area contributed by atoms with Crippen LogP contribution in [0.4, 0.5) is 0 Å². The predicted molar refractivity (Wildman–Crippen MR) is 88.6 cm³/mol. The summed E-state index contributed by atoms with van der Waals surface area (Å²) in [5, 5.41) is 20.7. The molecule has 0 unspecified atom stereocenters. The minimum absolute atomic E-state index is 0.549. The Morgan fingerprint density at radius 3 is 2.45 bits per heavy atom. The number of allylic oxidation sites excluding steroid dienone is 1. The van der Waals surface area contributed by atoms with Gasteiger partial charge in [0.15, 0.2) is 0 Å². The van der Waals surface area contributed by atoms with Gasteiger partial charge in [-0.3, -0.25) is 0 Å². The summed E-state index contributed by atoms with van der Waals surface area (Å²) >= 11 is 0. The van der Waals surface area contributed by atoms with Gasteiger partial charge in [0.1, 0.15) is 0 Å². The van der Waals surface area contributed by atoms with Gasteiger partial charge in [-0.25, -0.2) is 0 Å². The Morgan fingerprint density at radius 1 is 0.864 bits per heavy atom. The van der Waals surface area contributed by atoms with E-state index in [2.05, 4.69) is 24.3 Å². The van der Waals surface area contributed by atoms with Gasteiger partial charge < -0.3 is 0 Å². The number of nitrogens with zero attached hydrogens (tertiary/aromatic N) is 2. The lowest BCUT2D eigenvalue weighted by molar-refractivity contribution is 1.47. The second kappa shape index (κ2) is 5.95. The molecule has 0 aromatic heterocycles. The second-order valence-electron chi connectivity index (χ2n) is 4.93. The summed E-state index contributed by atoms with van der Waals surface area (Å²) in [6, 6.07) is 25.6. The number of hydrogen-bond donors (Lipinski definition) is 0. The number of hydrogen-bond acceptors (Lipinski definition) is 2. The Bertz CT molecular complexity index is 948. The highest BCUT2D eigenvalue weighted by molar-refractivity contribution is 5.98. The molecule has 0 aliphatic carbocycles. The van der Waals surface area contributed by atoms with Gasteiger partial charge in [0.25, 0.3) is 0 Å². The van der Waals surface area contributed by atoms with Crippen molar-refractivity contribution >= 4 is 22.4 Å². The van der Waals surface area contributed by atoms with Crippen molar-refractivity contribution in [2.75, 3.05) is 0 Å². The molecule has 0 saturated carbocycles. The van der Waals surface area contributed by atoms with Crippen LogP contribution in [0, 0.1) is 22.7 Å². The maximum absolute atomic E-state index is 9.48. The summed E-state index contributed by atoms with van der Waals surface area (Å²) < 4.78 is 0. The van der Waals surface area contributed by atoms with Crippen LogP contribution in [0.2, 0.25) is 0 Å². The number of fused-ring (bicyclic) bond motifs is 1. The third-order valence-corrected chi connectivity index (χ3v) is 3.55. The molecule has 0 N–H and O–H groups in total. The summed E-state index contributed by atoms with van der Waals surface area (Å²) in [5.41, 5.74) is 2.86. The lowest BCUT2D eigenvalue weighted by Crippen LogP contribution is -1.85. The number of benzene rings is 3. The first-order valence-electron chi connectivity index (χ1n) is 6.92. The van der Waals surface area contributed by atoms with E-state index >= 15 is 0 Å². The van der Waals surface area contributed by atoms with E-state index in [4.69, 9.17) is 5.26 Å². The van der Waals surface area contributed by atoms with Gasteiger partial charge in [-0.15, -0.1) is 0 Å². The standard InChI is InChI=1S/C20H12N2/c21-13-15-5-3-8-17(11-15)19(14-22)12-18-9-4-7-16-6-1-2-10-20(16)18/h1-12H/b19-12+. The largest absolute Gasteiger partial charge is 0.192 e. The van der Waals surface area contributed by atoms with Gasteiger partial charge >= 0.3 is 0 Å². The van der Waals surface area contributed by atoms with Crippen LogP contribution in [0.3, 0.4) is 0 Å². The van der Waals surface area contributed by atoms with Gasteiger partial charge in [0.05, 0.1) is 23.3 Å². The van der Waals surface area contributed by atoms with Crippen LogP contribution in [0.5, 0.6) is 0 Å². The fourth-order valence-electron chi connectivity index (χ4n) is 2.47. The highest BCUT2D eigenvalue weighted by atomic mass is 14.3. The summed E-state index contributed by atoms with van der Waals surface area (Å²) in [4.78, 5) is 0. The van der Waals surface area contributed by atoms with Crippen LogP contribution in [-0.4, -0.2) is 0 Å². The number of nitriles is 2. The molecule has 0 spiro atoms. The number of rotatable bonds is 2. The summed E-state index contributed by atoms with van der Waals surface area (Å²) in [6.07, 6.45) is 1.87. The molecule has 0 aliphatic rings. The Hall–Kier alpha value is -3.36. The molecule has 0 fully saturated rings. The smallest absolute Gasteiger partial charge is 0.0998 e. The molecule has 22 heavy (non-hydrogen) atoms. The molecule has 0 bridgehead atoms. The quantitative estimate of drug-likeness (QED) is 0.501. The molecule has 0 atom stereocenters. The second-order valence-corrected chi connectivity index (χ2v) is 4.93. The maximum Gasteiger partial charge on any atom is 0.0998 e. The maximum atomic E-state index is 9.48. The monoisotopic (exact) mass is 280 g/mol. The third kappa shape index (κ3) is 2.59. The lowest BCUT2D eigenvalue weighted by atomic mass is 9.99. The summed E-state index contributed by atoms with van der Waals surface area (Å²) in [5.74, 6) is 0. The molecule has 3 aromatic rings. The average Bonchev–Trinajstić information content (AvgIpc) is 2.59. The molecule has 102 valence electrons. The molecule has 2 nitrogen and oxygen atoms in total. The summed E-state index contributed by atoms with van der Waals surface area (Å²) in [7, 11) is 0. The average molecular weight is 280 g/mol. The van der Waals surface area contributed by atoms with Crippen molar-refractivity contribution < 1.29 is 0 Å². The topological polar surface area (TPSA) is 47.6 Å². The van der Waals surface area contributed by atoms with Crippen molar-refractivity contribution in [3.63, 3.8) is 0 Å². The van der Waals surface area contributed by atoms with E-state index in [-0.39, 0.29) is 0 Å². The van der Waals surface area contributed by atoms with Crippen LogP contribution in [0.1, 0.15) is 16.7 Å². The predicted octanol–water partition coefficient (Wildman–Crippen LogP) is 4.78. The highest BCUT2D eigenvalue weighted by Gasteiger charge is 2.04. The van der Waals surface area contributed by atoms with E-state index in [1.54, 1.807) is 18.2 Å². The highest BCUT2D eigenvalue weighted by Crippen LogP contribution is 2.24. The lowest BCUT2D eigenvalue weighted by Gasteiger charge is -2.04. The third-order valence-electron chi connectivity index (χ3n) is 3.55. The molecule has 3 rings (SSSR count). The molecule has 0 saturated heterocycles. The Labute approximate surface area is 129 Å². The van der Waals surface area contributed by atoms with E-state index in [1.165, 1.54) is 0 Å². The van der Waals surface area contributed by atoms with E-state index in [1.807, 2.05) is 42.5 Å². The Kier molecular flexibility index (Phi) is 3.69. The van der Waals surface area contributed by atoms with Crippen LogP contribution in [0.25, 0.3) is 22.4 Å². The van der Waals surface area contributed by atoms with Gasteiger partial charge in [-0.2, -0.15) is 10.5 Å². The van der Waals surface area contributed by atoms with Crippen molar-refractivity contribution in [3.8, 4) is 12.1 Å².